The summed E-state index contributed by atoms with van der Waals surface area (Å²) in [7, 11) is 1.84. The number of hydrogen-bond donors (Lipinski definition) is 2. The van der Waals surface area contributed by atoms with Crippen molar-refractivity contribution in [2.24, 2.45) is 0 Å². The van der Waals surface area contributed by atoms with Crippen molar-refractivity contribution in [1.82, 2.24) is 5.32 Å². The lowest BCUT2D eigenvalue weighted by atomic mass is 10.0. The quantitative estimate of drug-likeness (QED) is 0.611. The lowest BCUT2D eigenvalue weighted by Gasteiger charge is -2.15. The fourth-order valence-electron chi connectivity index (χ4n) is 1.05. The Labute approximate surface area is 80.7 Å². The normalized spacial score (nSPS) is 13.9. The molecule has 0 aromatic heterocycles. The van der Waals surface area contributed by atoms with Crippen LogP contribution in [0.4, 0.5) is 0 Å². The summed E-state index contributed by atoms with van der Waals surface area (Å²) in [6.45, 7) is 9.61. The van der Waals surface area contributed by atoms with Crippen LogP contribution in [0.5, 0.6) is 0 Å². The molecule has 0 aromatic rings. The third-order valence-corrected chi connectivity index (χ3v) is 1.96. The van der Waals surface area contributed by atoms with Gasteiger partial charge in [0.05, 0.1) is 6.61 Å². The molecule has 0 saturated heterocycles. The van der Waals surface area contributed by atoms with Crippen LogP contribution in [0, 0.1) is 0 Å². The molecule has 2 heteroatoms. The Morgan fingerprint density at radius 2 is 2.23 bits per heavy atom. The molecule has 0 aliphatic rings. The molecule has 2 N–H and O–H groups in total. The van der Waals surface area contributed by atoms with E-state index in [1.54, 1.807) is 6.08 Å². The maximum Gasteiger partial charge on any atom is 0.0587 e. The van der Waals surface area contributed by atoms with Crippen LogP contribution in [0.1, 0.15) is 13.3 Å². The Morgan fingerprint density at radius 3 is 2.54 bits per heavy atom. The highest BCUT2D eigenvalue weighted by Crippen LogP contribution is 2.13. The van der Waals surface area contributed by atoms with E-state index in [1.165, 1.54) is 0 Å². The maximum atomic E-state index is 8.98. The van der Waals surface area contributed by atoms with Crippen molar-refractivity contribution in [3.63, 3.8) is 0 Å². The summed E-state index contributed by atoms with van der Waals surface area (Å²) >= 11 is 0. The van der Waals surface area contributed by atoms with Crippen LogP contribution < -0.4 is 5.32 Å². The third-order valence-electron chi connectivity index (χ3n) is 1.96. The Kier molecular flexibility index (Phi) is 6.20. The number of likely N-dealkylation sites (N-methyl/N-ethyl adjacent to an activating group) is 1. The lowest BCUT2D eigenvalue weighted by Crippen LogP contribution is -2.29. The predicted molar refractivity (Wildman–Crippen MR) is 57.6 cm³/mol. The highest BCUT2D eigenvalue weighted by atomic mass is 16.3. The number of aliphatic hydroxyl groups is 1. The van der Waals surface area contributed by atoms with Gasteiger partial charge in [-0.2, -0.15) is 0 Å². The SMILES string of the molecule is C=C/C=C(/CC(CO)NC)C(=C)C. The minimum absolute atomic E-state index is 0.0999. The van der Waals surface area contributed by atoms with Crippen molar-refractivity contribution in [3.8, 4) is 0 Å². The van der Waals surface area contributed by atoms with Crippen molar-refractivity contribution < 1.29 is 5.11 Å². The van der Waals surface area contributed by atoms with E-state index >= 15 is 0 Å². The summed E-state index contributed by atoms with van der Waals surface area (Å²) in [6.07, 6.45) is 4.46. The first-order valence-corrected chi connectivity index (χ1v) is 4.41. The molecule has 0 aliphatic carbocycles. The lowest BCUT2D eigenvalue weighted by molar-refractivity contribution is 0.248. The first-order valence-electron chi connectivity index (χ1n) is 4.41. The fraction of sp³-hybridized carbons (Fsp3) is 0.455. The van der Waals surface area contributed by atoms with Crippen molar-refractivity contribution in [3.05, 3.63) is 36.5 Å². The topological polar surface area (TPSA) is 32.3 Å². The van der Waals surface area contributed by atoms with Crippen LogP contribution in [-0.2, 0) is 0 Å². The summed E-state index contributed by atoms with van der Waals surface area (Å²) in [5.74, 6) is 0. The average Bonchev–Trinajstić information content (AvgIpc) is 2.11. The first kappa shape index (κ1) is 12.1. The van der Waals surface area contributed by atoms with E-state index in [-0.39, 0.29) is 12.6 Å². The zero-order valence-corrected chi connectivity index (χ0v) is 8.51. The number of allylic oxidation sites excluding steroid dienone is 3. The smallest absolute Gasteiger partial charge is 0.0587 e. The predicted octanol–water partition coefficient (Wildman–Crippen LogP) is 1.65. The molecule has 0 amide bonds. The summed E-state index contributed by atoms with van der Waals surface area (Å²) in [4.78, 5) is 0. The van der Waals surface area contributed by atoms with Gasteiger partial charge in [0.1, 0.15) is 0 Å². The Balaban J connectivity index is 4.33. The van der Waals surface area contributed by atoms with E-state index in [1.807, 2.05) is 20.0 Å². The molecule has 1 unspecified atom stereocenters. The molecule has 0 saturated carbocycles. The molecule has 0 aromatic carbocycles. The summed E-state index contributed by atoms with van der Waals surface area (Å²) in [5, 5.41) is 12.0. The van der Waals surface area contributed by atoms with Gasteiger partial charge in [0.2, 0.25) is 0 Å². The molecular weight excluding hydrogens is 162 g/mol. The molecule has 2 nitrogen and oxygen atoms in total. The van der Waals surface area contributed by atoms with Crippen molar-refractivity contribution in [2.75, 3.05) is 13.7 Å². The number of rotatable bonds is 6. The van der Waals surface area contributed by atoms with E-state index in [0.29, 0.717) is 0 Å². The average molecular weight is 181 g/mol. The van der Waals surface area contributed by atoms with E-state index in [0.717, 1.165) is 17.6 Å². The molecule has 1 atom stereocenters. The van der Waals surface area contributed by atoms with Crippen molar-refractivity contribution in [2.45, 2.75) is 19.4 Å². The minimum Gasteiger partial charge on any atom is -0.395 e. The van der Waals surface area contributed by atoms with Crippen LogP contribution >= 0.6 is 0 Å². The molecule has 0 aliphatic heterocycles. The highest BCUT2D eigenvalue weighted by Gasteiger charge is 2.07. The van der Waals surface area contributed by atoms with Gasteiger partial charge in [-0.15, -0.1) is 0 Å². The van der Waals surface area contributed by atoms with E-state index < -0.39 is 0 Å². The van der Waals surface area contributed by atoms with E-state index in [2.05, 4.69) is 18.5 Å². The minimum atomic E-state index is 0.0999. The van der Waals surface area contributed by atoms with Crippen molar-refractivity contribution >= 4 is 0 Å². The molecule has 0 bridgehead atoms. The van der Waals surface area contributed by atoms with Gasteiger partial charge >= 0.3 is 0 Å². The van der Waals surface area contributed by atoms with Crippen LogP contribution in [0.2, 0.25) is 0 Å². The van der Waals surface area contributed by atoms with Crippen LogP contribution in [0.25, 0.3) is 0 Å². The van der Waals surface area contributed by atoms with Gasteiger partial charge in [0.25, 0.3) is 0 Å². The zero-order valence-electron chi connectivity index (χ0n) is 8.51. The molecule has 13 heavy (non-hydrogen) atoms. The molecule has 0 heterocycles. The highest BCUT2D eigenvalue weighted by molar-refractivity contribution is 5.30. The van der Waals surface area contributed by atoms with Gasteiger partial charge in [0.15, 0.2) is 0 Å². The molecule has 0 fully saturated rings. The Hall–Kier alpha value is -0.860. The van der Waals surface area contributed by atoms with Crippen molar-refractivity contribution in [1.29, 1.82) is 0 Å². The molecule has 0 rings (SSSR count). The van der Waals surface area contributed by atoms with Crippen LogP contribution in [0.15, 0.2) is 36.5 Å². The Bertz CT molecular complexity index is 202. The largest absolute Gasteiger partial charge is 0.395 e. The zero-order chi connectivity index (χ0) is 10.3. The molecule has 0 spiro atoms. The van der Waals surface area contributed by atoms with Gasteiger partial charge in [0, 0.05) is 6.04 Å². The van der Waals surface area contributed by atoms with Gasteiger partial charge in [-0.25, -0.2) is 0 Å². The van der Waals surface area contributed by atoms with E-state index in [4.69, 9.17) is 5.11 Å². The second kappa shape index (κ2) is 6.63. The summed E-state index contributed by atoms with van der Waals surface area (Å²) < 4.78 is 0. The Morgan fingerprint density at radius 1 is 1.62 bits per heavy atom. The first-order chi connectivity index (χ1) is 6.15. The van der Waals surface area contributed by atoms with Crippen LogP contribution in [0.3, 0.4) is 0 Å². The van der Waals surface area contributed by atoms with Gasteiger partial charge in [-0.3, -0.25) is 0 Å². The van der Waals surface area contributed by atoms with Gasteiger partial charge in [-0.1, -0.05) is 30.9 Å². The number of aliphatic hydroxyl groups excluding tert-OH is 1. The van der Waals surface area contributed by atoms with E-state index in [9.17, 15) is 0 Å². The molecular formula is C11H19NO. The van der Waals surface area contributed by atoms with Crippen LogP contribution in [-0.4, -0.2) is 24.8 Å². The molecule has 0 radical (unpaired) electrons. The van der Waals surface area contributed by atoms with Gasteiger partial charge in [-0.05, 0) is 26.0 Å². The second-order valence-corrected chi connectivity index (χ2v) is 3.08. The maximum absolute atomic E-state index is 8.98. The monoisotopic (exact) mass is 181 g/mol. The standard InChI is InChI=1S/C11H19NO/c1-5-6-10(9(2)3)7-11(8-13)12-4/h5-6,11-13H,1-2,7-8H2,3-4H3/b10-6-. The second-order valence-electron chi connectivity index (χ2n) is 3.08. The number of hydrogen-bond acceptors (Lipinski definition) is 2. The van der Waals surface area contributed by atoms with Gasteiger partial charge < -0.3 is 10.4 Å². The third kappa shape index (κ3) is 4.65. The summed E-state index contributed by atoms with van der Waals surface area (Å²) in [6, 6.07) is 0.0999. The number of nitrogens with one attached hydrogen (secondary N) is 1. The molecule has 74 valence electrons. The fourth-order valence-corrected chi connectivity index (χ4v) is 1.05. The summed E-state index contributed by atoms with van der Waals surface area (Å²) in [5.41, 5.74) is 2.15.